The van der Waals surface area contributed by atoms with E-state index in [1.54, 1.807) is 0 Å². The lowest BCUT2D eigenvalue weighted by molar-refractivity contribution is 0.664. The number of allylic oxidation sites excluding steroid dienone is 3. The molecule has 0 spiro atoms. The third kappa shape index (κ3) is 4.27. The molecule has 0 atom stereocenters. The van der Waals surface area contributed by atoms with E-state index in [-0.39, 0.29) is 0 Å². The molecule has 3 aromatic carbocycles. The first-order valence-electron chi connectivity index (χ1n) is 10.2. The van der Waals surface area contributed by atoms with Gasteiger partial charge in [-0.15, -0.1) is 0 Å². The van der Waals surface area contributed by atoms with Gasteiger partial charge in [0, 0.05) is 16.8 Å². The maximum absolute atomic E-state index is 6.19. The van der Waals surface area contributed by atoms with E-state index in [2.05, 4.69) is 92.8 Å². The maximum atomic E-state index is 6.19. The average molecular weight is 382 g/mol. The molecule has 4 aromatic rings. The minimum Gasteiger partial charge on any atom is -0.456 e. The molecular weight excluding hydrogens is 354 g/mol. The van der Waals surface area contributed by atoms with Gasteiger partial charge in [0.15, 0.2) is 0 Å². The van der Waals surface area contributed by atoms with Crippen molar-refractivity contribution in [2.75, 3.05) is 0 Å². The summed E-state index contributed by atoms with van der Waals surface area (Å²) in [5.41, 5.74) is 6.81. The van der Waals surface area contributed by atoms with Gasteiger partial charge in [0.2, 0.25) is 0 Å². The molecule has 0 saturated heterocycles. The summed E-state index contributed by atoms with van der Waals surface area (Å²) in [4.78, 5) is 0. The van der Waals surface area contributed by atoms with Gasteiger partial charge in [-0.25, -0.2) is 0 Å². The van der Waals surface area contributed by atoms with E-state index in [1.807, 2.05) is 18.3 Å². The lowest BCUT2D eigenvalue weighted by Gasteiger charge is -2.07. The second-order valence-electron chi connectivity index (χ2n) is 7.78. The van der Waals surface area contributed by atoms with Gasteiger partial charge in [-0.3, -0.25) is 0 Å². The Kier molecular flexibility index (Phi) is 5.53. The Morgan fingerprint density at radius 1 is 0.931 bits per heavy atom. The van der Waals surface area contributed by atoms with Gasteiger partial charge in [-0.1, -0.05) is 72.3 Å². The largest absolute Gasteiger partial charge is 0.456 e. The number of benzene rings is 3. The van der Waals surface area contributed by atoms with Crippen molar-refractivity contribution in [3.05, 3.63) is 102 Å². The zero-order valence-electron chi connectivity index (χ0n) is 17.3. The second kappa shape index (κ2) is 8.40. The van der Waals surface area contributed by atoms with Crippen molar-refractivity contribution in [2.45, 2.75) is 33.2 Å². The van der Waals surface area contributed by atoms with Crippen molar-refractivity contribution in [2.24, 2.45) is 0 Å². The molecule has 29 heavy (non-hydrogen) atoms. The number of rotatable bonds is 6. The van der Waals surface area contributed by atoms with E-state index in [4.69, 9.17) is 4.42 Å². The Balaban J connectivity index is 1.71. The first kappa shape index (κ1) is 19.1. The Bertz CT molecular complexity index is 1180. The van der Waals surface area contributed by atoms with Gasteiger partial charge in [-0.2, -0.15) is 0 Å². The molecule has 1 aromatic heterocycles. The molecule has 1 N–H and O–H groups in total. The van der Waals surface area contributed by atoms with Crippen LogP contribution >= 0.6 is 0 Å². The van der Waals surface area contributed by atoms with Crippen molar-refractivity contribution < 1.29 is 4.42 Å². The normalized spacial score (nSPS) is 12.5. The summed E-state index contributed by atoms with van der Waals surface area (Å²) in [5.74, 6) is 0. The van der Waals surface area contributed by atoms with Crippen LogP contribution in [0.3, 0.4) is 0 Å². The van der Waals surface area contributed by atoms with Crippen LogP contribution in [0.1, 0.15) is 30.5 Å². The Morgan fingerprint density at radius 2 is 1.69 bits per heavy atom. The van der Waals surface area contributed by atoms with Crippen molar-refractivity contribution >= 4 is 27.5 Å². The summed E-state index contributed by atoms with van der Waals surface area (Å²) in [6.45, 7) is 6.40. The molecule has 0 aliphatic carbocycles. The van der Waals surface area contributed by atoms with E-state index in [1.165, 1.54) is 33.0 Å². The van der Waals surface area contributed by atoms with Crippen LogP contribution in [0, 0.1) is 6.92 Å². The van der Waals surface area contributed by atoms with Crippen LogP contribution in [-0.4, -0.2) is 6.04 Å². The highest BCUT2D eigenvalue weighted by Crippen LogP contribution is 2.31. The molecule has 0 bridgehead atoms. The van der Waals surface area contributed by atoms with Crippen LogP contribution in [0.25, 0.3) is 27.5 Å². The van der Waals surface area contributed by atoms with Crippen molar-refractivity contribution in [3.8, 4) is 0 Å². The molecule has 0 saturated carbocycles. The van der Waals surface area contributed by atoms with Gasteiger partial charge in [0.05, 0.1) is 0 Å². The quantitative estimate of drug-likeness (QED) is 0.363. The number of furan rings is 1. The summed E-state index contributed by atoms with van der Waals surface area (Å²) >= 11 is 0. The Hall–Kier alpha value is -3.26. The molecule has 0 aliphatic rings. The van der Waals surface area contributed by atoms with E-state index < -0.39 is 0 Å². The van der Waals surface area contributed by atoms with Crippen LogP contribution in [0.4, 0.5) is 0 Å². The van der Waals surface area contributed by atoms with Gasteiger partial charge in [0.25, 0.3) is 0 Å². The topological polar surface area (TPSA) is 25.2 Å². The van der Waals surface area contributed by atoms with Gasteiger partial charge in [0.1, 0.15) is 11.2 Å². The zero-order chi connectivity index (χ0) is 20.2. The summed E-state index contributed by atoms with van der Waals surface area (Å²) in [6.07, 6.45) is 7.29. The van der Waals surface area contributed by atoms with Crippen molar-refractivity contribution in [1.82, 2.24) is 5.32 Å². The minimum atomic E-state index is 0.412. The van der Waals surface area contributed by atoms with Gasteiger partial charge in [-0.05, 0) is 62.2 Å². The number of aryl methyl sites for hydroxylation is 1. The summed E-state index contributed by atoms with van der Waals surface area (Å²) in [5, 5.41) is 5.72. The standard InChI is InChI=1S/C27H27NO/c1-19(2)28-18-17-22(21-13-11-20(3)12-14-21)15-16-23-7-6-9-25-24-8-4-5-10-26(24)29-27(23)25/h4-15,17-19,28H,16H2,1-3H3/b18-17-,22-15+. The first-order chi connectivity index (χ1) is 14.1. The molecule has 0 fully saturated rings. The fourth-order valence-corrected chi connectivity index (χ4v) is 3.54. The number of hydrogen-bond acceptors (Lipinski definition) is 2. The Morgan fingerprint density at radius 3 is 2.48 bits per heavy atom. The monoisotopic (exact) mass is 381 g/mol. The summed E-state index contributed by atoms with van der Waals surface area (Å²) in [6, 6.07) is 23.8. The second-order valence-corrected chi connectivity index (χ2v) is 7.78. The molecule has 0 unspecified atom stereocenters. The van der Waals surface area contributed by atoms with Crippen LogP contribution in [0.2, 0.25) is 0 Å². The fraction of sp³-hybridized carbons (Fsp3) is 0.185. The lowest BCUT2D eigenvalue weighted by Crippen LogP contribution is -2.15. The molecule has 146 valence electrons. The molecular formula is C27H27NO. The average Bonchev–Trinajstić information content (AvgIpc) is 3.10. The predicted molar refractivity (Wildman–Crippen MR) is 124 cm³/mol. The smallest absolute Gasteiger partial charge is 0.138 e. The van der Waals surface area contributed by atoms with Crippen LogP contribution in [-0.2, 0) is 6.42 Å². The van der Waals surface area contributed by atoms with Crippen molar-refractivity contribution in [3.63, 3.8) is 0 Å². The number of fused-ring (bicyclic) bond motifs is 3. The van der Waals surface area contributed by atoms with Gasteiger partial charge < -0.3 is 9.73 Å². The molecule has 0 aliphatic heterocycles. The van der Waals surface area contributed by atoms with E-state index >= 15 is 0 Å². The number of para-hydroxylation sites is 2. The van der Waals surface area contributed by atoms with E-state index in [0.29, 0.717) is 6.04 Å². The summed E-state index contributed by atoms with van der Waals surface area (Å²) in [7, 11) is 0. The maximum Gasteiger partial charge on any atom is 0.138 e. The first-order valence-corrected chi connectivity index (χ1v) is 10.2. The molecule has 4 rings (SSSR count). The van der Waals surface area contributed by atoms with Crippen molar-refractivity contribution in [1.29, 1.82) is 0 Å². The highest BCUT2D eigenvalue weighted by molar-refractivity contribution is 6.05. The molecule has 2 heteroatoms. The molecule has 1 heterocycles. The number of hydrogen-bond donors (Lipinski definition) is 1. The van der Waals surface area contributed by atoms with Crippen LogP contribution in [0.5, 0.6) is 0 Å². The van der Waals surface area contributed by atoms with E-state index in [9.17, 15) is 0 Å². The fourth-order valence-electron chi connectivity index (χ4n) is 3.54. The molecule has 2 nitrogen and oxygen atoms in total. The third-order valence-corrected chi connectivity index (χ3v) is 5.11. The third-order valence-electron chi connectivity index (χ3n) is 5.11. The molecule has 0 amide bonds. The SMILES string of the molecule is Cc1ccc(C(/C=C\NC(C)C)=C/Cc2cccc3c2oc2ccccc23)cc1. The highest BCUT2D eigenvalue weighted by atomic mass is 16.3. The number of nitrogens with one attached hydrogen (secondary N) is 1. The minimum absolute atomic E-state index is 0.412. The van der Waals surface area contributed by atoms with Crippen LogP contribution in [0.15, 0.2) is 89.5 Å². The highest BCUT2D eigenvalue weighted by Gasteiger charge is 2.09. The molecule has 0 radical (unpaired) electrons. The van der Waals surface area contributed by atoms with Crippen LogP contribution < -0.4 is 5.32 Å². The zero-order valence-corrected chi connectivity index (χ0v) is 17.3. The summed E-state index contributed by atoms with van der Waals surface area (Å²) < 4.78 is 6.19. The Labute approximate surface area is 172 Å². The van der Waals surface area contributed by atoms with Gasteiger partial charge >= 0.3 is 0 Å². The predicted octanol–water partition coefficient (Wildman–Crippen LogP) is 7.03. The lowest BCUT2D eigenvalue weighted by atomic mass is 10.0. The van der Waals surface area contributed by atoms with E-state index in [0.717, 1.165) is 17.6 Å².